The SMILES string of the molecule is N[C@@H](Cc1ccc(OC(=O)N2CC3CC(C2)c2cc4nccnc4cc23)cc1)C(=O)O. The number of likely N-dealkylation sites (tertiary alicyclic amines) is 1. The smallest absolute Gasteiger partial charge is 0.415 e. The second-order valence-corrected chi connectivity index (χ2v) is 8.22. The molecular formula is C23H22N4O4. The van der Waals surface area contributed by atoms with Crippen LogP contribution >= 0.6 is 0 Å². The molecule has 0 spiro atoms. The van der Waals surface area contributed by atoms with Gasteiger partial charge in [0, 0.05) is 37.3 Å². The zero-order valence-electron chi connectivity index (χ0n) is 16.8. The molecule has 1 aromatic heterocycles. The molecule has 2 aliphatic rings. The van der Waals surface area contributed by atoms with Crippen molar-refractivity contribution in [3.63, 3.8) is 0 Å². The van der Waals surface area contributed by atoms with E-state index in [0.29, 0.717) is 18.8 Å². The number of amides is 1. The molecule has 1 aliphatic carbocycles. The van der Waals surface area contributed by atoms with E-state index in [2.05, 4.69) is 22.1 Å². The van der Waals surface area contributed by atoms with Crippen molar-refractivity contribution in [1.82, 2.24) is 14.9 Å². The Morgan fingerprint density at radius 2 is 1.65 bits per heavy atom. The lowest BCUT2D eigenvalue weighted by molar-refractivity contribution is -0.138. The highest BCUT2D eigenvalue weighted by molar-refractivity contribution is 5.78. The number of piperidine rings is 1. The Balaban J connectivity index is 1.27. The summed E-state index contributed by atoms with van der Waals surface area (Å²) in [7, 11) is 0. The van der Waals surface area contributed by atoms with Crippen LogP contribution in [-0.4, -0.2) is 51.2 Å². The number of carbonyl (C=O) groups is 2. The number of carbonyl (C=O) groups excluding carboxylic acids is 1. The lowest BCUT2D eigenvalue weighted by Crippen LogP contribution is -2.41. The molecule has 3 N–H and O–H groups in total. The molecule has 2 heterocycles. The first kappa shape index (κ1) is 19.4. The summed E-state index contributed by atoms with van der Waals surface area (Å²) in [4.78, 5) is 34.3. The van der Waals surface area contributed by atoms with Gasteiger partial charge in [0.25, 0.3) is 0 Å². The molecule has 1 fully saturated rings. The number of fused-ring (bicyclic) bond motifs is 6. The van der Waals surface area contributed by atoms with Gasteiger partial charge in [0.2, 0.25) is 0 Å². The zero-order chi connectivity index (χ0) is 21.5. The molecule has 0 saturated carbocycles. The highest BCUT2D eigenvalue weighted by Gasteiger charge is 2.40. The van der Waals surface area contributed by atoms with Gasteiger partial charge in [-0.15, -0.1) is 0 Å². The van der Waals surface area contributed by atoms with E-state index < -0.39 is 12.0 Å². The van der Waals surface area contributed by atoms with Crippen LogP contribution in [0.2, 0.25) is 0 Å². The minimum absolute atomic E-state index is 0.218. The van der Waals surface area contributed by atoms with Gasteiger partial charge in [-0.1, -0.05) is 12.1 Å². The number of benzene rings is 2. The standard InChI is InChI=1S/C23H22N4O4/c24-19(22(28)29)7-13-1-3-16(4-2-13)31-23(30)27-11-14-8-15(12-27)18-10-21-20(9-17(14)18)25-5-6-26-21/h1-6,9-10,14-15,19H,7-8,11-12,24H2,(H,28,29)/t14?,15?,19-/m0/s1. The van der Waals surface area contributed by atoms with Crippen LogP contribution in [0.3, 0.4) is 0 Å². The maximum absolute atomic E-state index is 12.8. The Kier molecular flexibility index (Phi) is 4.78. The fourth-order valence-corrected chi connectivity index (χ4v) is 4.65. The van der Waals surface area contributed by atoms with E-state index in [1.165, 1.54) is 11.1 Å². The molecule has 1 amide bonds. The maximum atomic E-state index is 12.8. The van der Waals surface area contributed by atoms with Crippen molar-refractivity contribution in [2.75, 3.05) is 13.1 Å². The summed E-state index contributed by atoms with van der Waals surface area (Å²) in [6.45, 7) is 1.22. The number of nitrogens with zero attached hydrogens (tertiary/aromatic N) is 3. The third kappa shape index (κ3) is 3.70. The number of nitrogens with two attached hydrogens (primary N) is 1. The van der Waals surface area contributed by atoms with Gasteiger partial charge < -0.3 is 20.5 Å². The predicted octanol–water partition coefficient (Wildman–Crippen LogP) is 2.67. The molecule has 3 atom stereocenters. The van der Waals surface area contributed by atoms with Crippen molar-refractivity contribution in [3.05, 3.63) is 65.5 Å². The maximum Gasteiger partial charge on any atom is 0.415 e. The number of hydrogen-bond acceptors (Lipinski definition) is 6. The Morgan fingerprint density at radius 3 is 2.19 bits per heavy atom. The molecule has 1 aliphatic heterocycles. The van der Waals surface area contributed by atoms with Gasteiger partial charge in [-0.3, -0.25) is 14.8 Å². The predicted molar refractivity (Wildman–Crippen MR) is 113 cm³/mol. The third-order valence-corrected chi connectivity index (χ3v) is 6.16. The average molecular weight is 418 g/mol. The number of hydrogen-bond donors (Lipinski definition) is 2. The molecule has 5 rings (SSSR count). The Bertz CT molecular complexity index is 1110. The summed E-state index contributed by atoms with van der Waals surface area (Å²) in [6.07, 6.45) is 4.25. The van der Waals surface area contributed by atoms with E-state index in [4.69, 9.17) is 15.6 Å². The summed E-state index contributed by atoms with van der Waals surface area (Å²) in [5.41, 5.74) is 10.6. The van der Waals surface area contributed by atoms with Gasteiger partial charge in [0.15, 0.2) is 0 Å². The van der Waals surface area contributed by atoms with E-state index in [-0.39, 0.29) is 24.3 Å². The van der Waals surface area contributed by atoms with Gasteiger partial charge in [0.05, 0.1) is 11.0 Å². The summed E-state index contributed by atoms with van der Waals surface area (Å²) in [5, 5.41) is 8.92. The normalized spacial score (nSPS) is 20.4. The van der Waals surface area contributed by atoms with Gasteiger partial charge in [0.1, 0.15) is 11.8 Å². The summed E-state index contributed by atoms with van der Waals surface area (Å²) < 4.78 is 5.58. The number of rotatable bonds is 4. The quantitative estimate of drug-likeness (QED) is 0.669. The van der Waals surface area contributed by atoms with Gasteiger partial charge >= 0.3 is 12.1 Å². The lowest BCUT2D eigenvalue weighted by Gasteiger charge is -2.31. The Hall–Kier alpha value is -3.52. The van der Waals surface area contributed by atoms with Crippen LogP contribution < -0.4 is 10.5 Å². The first-order valence-electron chi connectivity index (χ1n) is 10.3. The minimum Gasteiger partial charge on any atom is -0.480 e. The molecule has 0 radical (unpaired) electrons. The van der Waals surface area contributed by atoms with Gasteiger partial charge in [-0.2, -0.15) is 0 Å². The number of aromatic nitrogens is 2. The topological polar surface area (TPSA) is 119 Å². The van der Waals surface area contributed by atoms with Crippen LogP contribution in [0.15, 0.2) is 48.8 Å². The zero-order valence-corrected chi connectivity index (χ0v) is 16.8. The molecule has 8 heteroatoms. The molecule has 8 nitrogen and oxygen atoms in total. The van der Waals surface area contributed by atoms with E-state index in [0.717, 1.165) is 23.0 Å². The second kappa shape index (κ2) is 7.63. The molecule has 3 aromatic rings. The number of ether oxygens (including phenoxy) is 1. The van der Waals surface area contributed by atoms with Crippen molar-refractivity contribution in [1.29, 1.82) is 0 Å². The van der Waals surface area contributed by atoms with Crippen LogP contribution in [0.1, 0.15) is 34.9 Å². The van der Waals surface area contributed by atoms with Crippen molar-refractivity contribution in [2.45, 2.75) is 30.7 Å². The molecule has 2 unspecified atom stereocenters. The van der Waals surface area contributed by atoms with Crippen LogP contribution in [-0.2, 0) is 11.2 Å². The van der Waals surface area contributed by atoms with Crippen molar-refractivity contribution in [2.24, 2.45) is 5.73 Å². The molecule has 158 valence electrons. The lowest BCUT2D eigenvalue weighted by atomic mass is 9.96. The number of carboxylic acid groups (broad SMARTS) is 1. The van der Waals surface area contributed by atoms with Crippen molar-refractivity contribution < 1.29 is 19.4 Å². The van der Waals surface area contributed by atoms with Crippen LogP contribution in [0, 0.1) is 0 Å². The summed E-state index contributed by atoms with van der Waals surface area (Å²) in [6, 6.07) is 10.0. The number of aliphatic carboxylic acids is 1. The monoisotopic (exact) mass is 418 g/mol. The molecule has 31 heavy (non-hydrogen) atoms. The Morgan fingerprint density at radius 1 is 1.06 bits per heavy atom. The van der Waals surface area contributed by atoms with Crippen LogP contribution in [0.4, 0.5) is 4.79 Å². The minimum atomic E-state index is -1.05. The highest BCUT2D eigenvalue weighted by Crippen LogP contribution is 2.47. The first-order chi connectivity index (χ1) is 15.0. The number of carboxylic acids is 1. The highest BCUT2D eigenvalue weighted by atomic mass is 16.6. The fraction of sp³-hybridized carbons (Fsp3) is 0.304. The fourth-order valence-electron chi connectivity index (χ4n) is 4.65. The van der Waals surface area contributed by atoms with E-state index >= 15 is 0 Å². The Labute approximate surface area is 178 Å². The van der Waals surface area contributed by atoms with Crippen molar-refractivity contribution >= 4 is 23.1 Å². The first-order valence-corrected chi connectivity index (χ1v) is 10.3. The third-order valence-electron chi connectivity index (χ3n) is 6.16. The van der Waals surface area contributed by atoms with E-state index in [1.807, 2.05) is 0 Å². The molecule has 1 saturated heterocycles. The van der Waals surface area contributed by atoms with E-state index in [1.54, 1.807) is 41.6 Å². The van der Waals surface area contributed by atoms with Crippen LogP contribution in [0.25, 0.3) is 11.0 Å². The van der Waals surface area contributed by atoms with Gasteiger partial charge in [-0.05, 0) is 53.8 Å². The molecule has 2 aromatic carbocycles. The van der Waals surface area contributed by atoms with Gasteiger partial charge in [-0.25, -0.2) is 4.79 Å². The van der Waals surface area contributed by atoms with E-state index in [9.17, 15) is 9.59 Å². The van der Waals surface area contributed by atoms with Crippen LogP contribution in [0.5, 0.6) is 5.75 Å². The summed E-state index contributed by atoms with van der Waals surface area (Å²) >= 11 is 0. The summed E-state index contributed by atoms with van der Waals surface area (Å²) in [5.74, 6) is -0.0805. The largest absolute Gasteiger partial charge is 0.480 e. The average Bonchev–Trinajstić information content (AvgIpc) is 3.02. The molecular weight excluding hydrogens is 396 g/mol. The second-order valence-electron chi connectivity index (χ2n) is 8.22. The molecule has 2 bridgehead atoms. The van der Waals surface area contributed by atoms with Crippen molar-refractivity contribution in [3.8, 4) is 5.75 Å².